The largest absolute Gasteiger partial charge is 0.380 e. The van der Waals surface area contributed by atoms with Crippen LogP contribution in [0, 0.1) is 10.1 Å². The second-order valence-electron chi connectivity index (χ2n) is 4.33. The first kappa shape index (κ1) is 15.2. The monoisotopic (exact) mass is 307 g/mol. The highest BCUT2D eigenvalue weighted by Gasteiger charge is 2.16. The third kappa shape index (κ3) is 3.90. The van der Waals surface area contributed by atoms with E-state index in [1.54, 1.807) is 7.11 Å². The molecule has 21 heavy (non-hydrogen) atoms. The summed E-state index contributed by atoms with van der Waals surface area (Å²) < 4.78 is 5.13. The van der Waals surface area contributed by atoms with E-state index < -0.39 is 4.92 Å². The molecule has 0 saturated heterocycles. The van der Waals surface area contributed by atoms with Gasteiger partial charge < -0.3 is 10.1 Å². The lowest BCUT2D eigenvalue weighted by molar-refractivity contribution is -0.384. The predicted molar refractivity (Wildman–Crippen MR) is 80.4 cm³/mol. The number of rotatable bonds is 6. The molecule has 0 aliphatic rings. The van der Waals surface area contributed by atoms with Crippen LogP contribution in [0.15, 0.2) is 36.5 Å². The highest BCUT2D eigenvalue weighted by atomic mass is 35.5. The van der Waals surface area contributed by atoms with Crippen LogP contribution in [0.3, 0.4) is 0 Å². The molecule has 1 heterocycles. The Morgan fingerprint density at radius 1 is 1.38 bits per heavy atom. The van der Waals surface area contributed by atoms with Crippen molar-refractivity contribution in [2.45, 2.75) is 13.2 Å². The van der Waals surface area contributed by atoms with E-state index in [2.05, 4.69) is 10.3 Å². The van der Waals surface area contributed by atoms with E-state index >= 15 is 0 Å². The van der Waals surface area contributed by atoms with E-state index in [0.29, 0.717) is 13.2 Å². The summed E-state index contributed by atoms with van der Waals surface area (Å²) >= 11 is 5.73. The van der Waals surface area contributed by atoms with Gasteiger partial charge in [-0.1, -0.05) is 35.9 Å². The van der Waals surface area contributed by atoms with E-state index in [1.807, 2.05) is 24.3 Å². The molecule has 0 saturated carbocycles. The maximum absolute atomic E-state index is 11.0. The molecule has 6 nitrogen and oxygen atoms in total. The molecule has 2 rings (SSSR count). The van der Waals surface area contributed by atoms with Gasteiger partial charge in [0.25, 0.3) is 0 Å². The van der Waals surface area contributed by atoms with Crippen molar-refractivity contribution in [2.75, 3.05) is 12.4 Å². The second-order valence-corrected chi connectivity index (χ2v) is 4.77. The average molecular weight is 308 g/mol. The van der Waals surface area contributed by atoms with Crippen LogP contribution in [0.1, 0.15) is 11.1 Å². The third-order valence-corrected chi connectivity index (χ3v) is 3.10. The Morgan fingerprint density at radius 2 is 2.10 bits per heavy atom. The number of pyridine rings is 1. The highest BCUT2D eigenvalue weighted by Crippen LogP contribution is 2.25. The molecule has 1 aromatic heterocycles. The van der Waals surface area contributed by atoms with Gasteiger partial charge in [-0.05, 0) is 11.1 Å². The molecule has 0 fully saturated rings. The third-order valence-electron chi connectivity index (χ3n) is 2.90. The lowest BCUT2D eigenvalue weighted by Gasteiger charge is -2.10. The van der Waals surface area contributed by atoms with Crippen LogP contribution in [-0.2, 0) is 17.9 Å². The fraction of sp³-hybridized carbons (Fsp3) is 0.214. The van der Waals surface area contributed by atoms with Gasteiger partial charge in [0.1, 0.15) is 0 Å². The van der Waals surface area contributed by atoms with Gasteiger partial charge in [0.05, 0.1) is 16.6 Å². The molecular weight excluding hydrogens is 294 g/mol. The van der Waals surface area contributed by atoms with Crippen LogP contribution in [0.4, 0.5) is 11.5 Å². The Kier molecular flexibility index (Phi) is 5.08. The highest BCUT2D eigenvalue weighted by molar-refractivity contribution is 6.30. The summed E-state index contributed by atoms with van der Waals surface area (Å²) in [6.45, 7) is 0.892. The summed E-state index contributed by atoms with van der Waals surface area (Å²) in [5.41, 5.74) is 1.86. The zero-order valence-corrected chi connectivity index (χ0v) is 12.1. The number of ether oxygens (including phenoxy) is 1. The van der Waals surface area contributed by atoms with E-state index in [9.17, 15) is 10.1 Å². The minimum atomic E-state index is -0.512. The topological polar surface area (TPSA) is 77.3 Å². The van der Waals surface area contributed by atoms with Gasteiger partial charge in [-0.15, -0.1) is 0 Å². The zero-order chi connectivity index (χ0) is 15.2. The van der Waals surface area contributed by atoms with Gasteiger partial charge in [-0.2, -0.15) is 0 Å². The molecule has 0 spiro atoms. The molecule has 0 aliphatic heterocycles. The van der Waals surface area contributed by atoms with E-state index in [1.165, 1.54) is 12.3 Å². The number of hydrogen-bond acceptors (Lipinski definition) is 5. The summed E-state index contributed by atoms with van der Waals surface area (Å²) in [6.07, 6.45) is 1.37. The number of aromatic nitrogens is 1. The normalized spacial score (nSPS) is 10.4. The van der Waals surface area contributed by atoms with Crippen LogP contribution in [0.5, 0.6) is 0 Å². The van der Waals surface area contributed by atoms with Crippen molar-refractivity contribution in [3.63, 3.8) is 0 Å². The maximum Gasteiger partial charge on any atom is 0.312 e. The van der Waals surface area contributed by atoms with Crippen molar-refractivity contribution < 1.29 is 9.66 Å². The molecule has 1 aromatic carbocycles. The summed E-state index contributed by atoms with van der Waals surface area (Å²) in [4.78, 5) is 14.5. The summed E-state index contributed by atoms with van der Waals surface area (Å²) in [5.74, 6) is 0.191. The van der Waals surface area contributed by atoms with Gasteiger partial charge in [-0.3, -0.25) is 10.1 Å². The molecule has 2 aromatic rings. The first-order valence-electron chi connectivity index (χ1n) is 6.21. The minimum Gasteiger partial charge on any atom is -0.380 e. The zero-order valence-electron chi connectivity index (χ0n) is 11.4. The SMILES string of the molecule is COCc1ccccc1CNc1ncc(Cl)cc1[N+](=O)[O-]. The van der Waals surface area contributed by atoms with Crippen LogP contribution in [-0.4, -0.2) is 17.0 Å². The number of nitro groups is 1. The Balaban J connectivity index is 2.19. The number of benzene rings is 1. The van der Waals surface area contributed by atoms with Crippen molar-refractivity contribution >= 4 is 23.1 Å². The van der Waals surface area contributed by atoms with E-state index in [0.717, 1.165) is 11.1 Å². The standard InChI is InChI=1S/C14H14ClN3O3/c1-21-9-11-5-3-2-4-10(11)7-16-14-13(18(19)20)6-12(15)8-17-14/h2-6,8H,7,9H2,1H3,(H,16,17). The number of methoxy groups -OCH3 is 1. The second kappa shape index (κ2) is 7.01. The van der Waals surface area contributed by atoms with Gasteiger partial charge in [0.2, 0.25) is 5.82 Å². The number of halogens is 1. The molecule has 0 radical (unpaired) electrons. The van der Waals surface area contributed by atoms with Gasteiger partial charge in [-0.25, -0.2) is 4.98 Å². The van der Waals surface area contributed by atoms with Crippen molar-refractivity contribution in [1.29, 1.82) is 0 Å². The lowest BCUT2D eigenvalue weighted by Crippen LogP contribution is -2.07. The molecular formula is C14H14ClN3O3. The fourth-order valence-electron chi connectivity index (χ4n) is 1.91. The number of nitrogens with zero attached hydrogens (tertiary/aromatic N) is 2. The van der Waals surface area contributed by atoms with Gasteiger partial charge >= 0.3 is 5.69 Å². The molecule has 0 unspecified atom stereocenters. The molecule has 0 aliphatic carbocycles. The molecule has 0 amide bonds. The number of nitrogens with one attached hydrogen (secondary N) is 1. The molecule has 110 valence electrons. The maximum atomic E-state index is 11.0. The Bertz CT molecular complexity index is 649. The van der Waals surface area contributed by atoms with E-state index in [4.69, 9.17) is 16.3 Å². The van der Waals surface area contributed by atoms with Crippen molar-refractivity contribution in [3.8, 4) is 0 Å². The smallest absolute Gasteiger partial charge is 0.312 e. The quantitative estimate of drug-likeness (QED) is 0.653. The average Bonchev–Trinajstić information content (AvgIpc) is 2.47. The predicted octanol–water partition coefficient (Wildman–Crippen LogP) is 3.40. The van der Waals surface area contributed by atoms with Crippen LogP contribution in [0.25, 0.3) is 0 Å². The van der Waals surface area contributed by atoms with Gasteiger partial charge in [0.15, 0.2) is 0 Å². The summed E-state index contributed by atoms with van der Waals surface area (Å²) in [5, 5.41) is 14.2. The first-order valence-corrected chi connectivity index (χ1v) is 6.59. The van der Waals surface area contributed by atoms with Crippen LogP contribution in [0.2, 0.25) is 5.02 Å². The minimum absolute atomic E-state index is 0.147. The number of hydrogen-bond donors (Lipinski definition) is 1. The summed E-state index contributed by atoms with van der Waals surface area (Å²) in [7, 11) is 1.62. The van der Waals surface area contributed by atoms with Crippen LogP contribution >= 0.6 is 11.6 Å². The lowest BCUT2D eigenvalue weighted by atomic mass is 10.1. The molecule has 0 bridgehead atoms. The Labute approximate surface area is 126 Å². The van der Waals surface area contributed by atoms with Crippen molar-refractivity contribution in [1.82, 2.24) is 4.98 Å². The fourth-order valence-corrected chi connectivity index (χ4v) is 2.06. The summed E-state index contributed by atoms with van der Waals surface area (Å²) in [6, 6.07) is 8.98. The van der Waals surface area contributed by atoms with Crippen LogP contribution < -0.4 is 5.32 Å². The van der Waals surface area contributed by atoms with Gasteiger partial charge in [0, 0.05) is 25.9 Å². The first-order chi connectivity index (χ1) is 10.1. The van der Waals surface area contributed by atoms with Crippen molar-refractivity contribution in [2.24, 2.45) is 0 Å². The molecule has 7 heteroatoms. The van der Waals surface area contributed by atoms with E-state index in [-0.39, 0.29) is 16.5 Å². The number of anilines is 1. The Morgan fingerprint density at radius 3 is 2.76 bits per heavy atom. The molecule has 1 N–H and O–H groups in total. The van der Waals surface area contributed by atoms with Crippen molar-refractivity contribution in [3.05, 3.63) is 62.8 Å². The Hall–Kier alpha value is -2.18. The molecule has 0 atom stereocenters.